The standard InChI is InChI=1S/C14H15BrClFN2S/c15-10-5-9(17)6-11(16)12(10)19-13-18-7-14(8-20-13)3-1-2-4-14/h5-6H,1-4,7-8H2,(H,18,19). The van der Waals surface area contributed by atoms with Crippen molar-refractivity contribution in [2.24, 2.45) is 10.4 Å². The summed E-state index contributed by atoms with van der Waals surface area (Å²) in [7, 11) is 0. The molecule has 1 spiro atoms. The number of anilines is 1. The van der Waals surface area contributed by atoms with Crippen LogP contribution in [0.1, 0.15) is 25.7 Å². The van der Waals surface area contributed by atoms with Crippen molar-refractivity contribution in [3.05, 3.63) is 27.4 Å². The van der Waals surface area contributed by atoms with Crippen LogP contribution in [0.25, 0.3) is 0 Å². The maximum atomic E-state index is 13.2. The smallest absolute Gasteiger partial charge is 0.161 e. The van der Waals surface area contributed by atoms with Gasteiger partial charge in [-0.2, -0.15) is 0 Å². The summed E-state index contributed by atoms with van der Waals surface area (Å²) in [5.74, 6) is 0.755. The van der Waals surface area contributed by atoms with Crippen LogP contribution in [0.15, 0.2) is 21.6 Å². The Bertz CT molecular complexity index is 535. The number of benzene rings is 1. The Labute approximate surface area is 135 Å². The molecule has 108 valence electrons. The van der Waals surface area contributed by atoms with Crippen LogP contribution in [0, 0.1) is 11.2 Å². The number of rotatable bonds is 1. The number of hydrogen-bond acceptors (Lipinski definition) is 3. The van der Waals surface area contributed by atoms with Gasteiger partial charge in [0.25, 0.3) is 0 Å². The molecule has 1 aliphatic heterocycles. The van der Waals surface area contributed by atoms with Crippen LogP contribution in [0.3, 0.4) is 0 Å². The molecule has 1 fully saturated rings. The highest BCUT2D eigenvalue weighted by atomic mass is 79.9. The molecule has 1 N–H and O–H groups in total. The molecule has 0 radical (unpaired) electrons. The van der Waals surface area contributed by atoms with Gasteiger partial charge in [-0.1, -0.05) is 36.2 Å². The van der Waals surface area contributed by atoms with Crippen LogP contribution in [0.2, 0.25) is 5.02 Å². The van der Waals surface area contributed by atoms with Crippen LogP contribution in [0.5, 0.6) is 0 Å². The first-order valence-corrected chi connectivity index (χ1v) is 8.83. The summed E-state index contributed by atoms with van der Waals surface area (Å²) in [6, 6.07) is 2.71. The van der Waals surface area contributed by atoms with E-state index < -0.39 is 0 Å². The zero-order chi connectivity index (χ0) is 14.2. The van der Waals surface area contributed by atoms with E-state index in [0.717, 1.165) is 17.5 Å². The number of nitrogens with one attached hydrogen (secondary N) is 1. The molecule has 2 aliphatic rings. The third kappa shape index (κ3) is 3.00. The van der Waals surface area contributed by atoms with Gasteiger partial charge in [-0.25, -0.2) is 4.39 Å². The predicted molar refractivity (Wildman–Crippen MR) is 88.4 cm³/mol. The molecule has 0 bridgehead atoms. The third-order valence-electron chi connectivity index (χ3n) is 3.98. The normalized spacial score (nSPS) is 21.1. The summed E-state index contributed by atoms with van der Waals surface area (Å²) >= 11 is 11.2. The summed E-state index contributed by atoms with van der Waals surface area (Å²) in [4.78, 5) is 4.66. The van der Waals surface area contributed by atoms with E-state index in [1.54, 1.807) is 11.8 Å². The molecule has 0 saturated heterocycles. The average Bonchev–Trinajstić information content (AvgIpc) is 2.85. The summed E-state index contributed by atoms with van der Waals surface area (Å²) < 4.78 is 13.8. The highest BCUT2D eigenvalue weighted by Gasteiger charge is 2.36. The van der Waals surface area contributed by atoms with Gasteiger partial charge in [-0.15, -0.1) is 0 Å². The highest BCUT2D eigenvalue weighted by Crippen LogP contribution is 2.44. The van der Waals surface area contributed by atoms with E-state index in [-0.39, 0.29) is 5.82 Å². The molecule has 1 aliphatic carbocycles. The maximum Gasteiger partial charge on any atom is 0.161 e. The van der Waals surface area contributed by atoms with Crippen molar-refractivity contribution in [2.45, 2.75) is 25.7 Å². The minimum atomic E-state index is -0.351. The molecule has 0 aromatic heterocycles. The molecule has 1 aromatic carbocycles. The lowest BCUT2D eigenvalue weighted by Crippen LogP contribution is -2.30. The minimum Gasteiger partial charge on any atom is -0.333 e. The van der Waals surface area contributed by atoms with Crippen LogP contribution >= 0.6 is 39.3 Å². The molecule has 3 rings (SSSR count). The molecule has 1 saturated carbocycles. The third-order valence-corrected chi connectivity index (χ3v) is 6.16. The molecule has 6 heteroatoms. The van der Waals surface area contributed by atoms with Crippen LogP contribution < -0.4 is 5.32 Å². The fourth-order valence-corrected chi connectivity index (χ4v) is 4.88. The van der Waals surface area contributed by atoms with Crippen molar-refractivity contribution in [1.82, 2.24) is 0 Å². The zero-order valence-corrected chi connectivity index (χ0v) is 14.0. The molecule has 0 unspecified atom stereocenters. The van der Waals surface area contributed by atoms with E-state index in [1.165, 1.54) is 37.8 Å². The van der Waals surface area contributed by atoms with Gasteiger partial charge in [-0.05, 0) is 46.3 Å². The Morgan fingerprint density at radius 2 is 2.10 bits per heavy atom. The SMILES string of the molecule is Fc1cc(Cl)c(NC2=NCC3(CCCC3)CS2)c(Br)c1. The first kappa shape index (κ1) is 14.7. The topological polar surface area (TPSA) is 24.4 Å². The van der Waals surface area contributed by atoms with E-state index in [0.29, 0.717) is 20.6 Å². The van der Waals surface area contributed by atoms with E-state index in [1.807, 2.05) is 0 Å². The second kappa shape index (κ2) is 5.85. The van der Waals surface area contributed by atoms with E-state index >= 15 is 0 Å². The van der Waals surface area contributed by atoms with Crippen molar-refractivity contribution >= 4 is 50.1 Å². The Hall–Kier alpha value is -0.260. The summed E-state index contributed by atoms with van der Waals surface area (Å²) in [6.07, 6.45) is 5.23. The fraction of sp³-hybridized carbons (Fsp3) is 0.500. The fourth-order valence-electron chi connectivity index (χ4n) is 2.82. The number of thioether (sulfide) groups is 1. The van der Waals surface area contributed by atoms with Crippen LogP contribution in [-0.2, 0) is 0 Å². The Morgan fingerprint density at radius 1 is 1.35 bits per heavy atom. The lowest BCUT2D eigenvalue weighted by molar-refractivity contribution is 0.359. The molecule has 20 heavy (non-hydrogen) atoms. The summed E-state index contributed by atoms with van der Waals surface area (Å²) in [5.41, 5.74) is 1.10. The molecular weight excluding hydrogens is 363 g/mol. The van der Waals surface area contributed by atoms with Crippen molar-refractivity contribution in [3.8, 4) is 0 Å². The van der Waals surface area contributed by atoms with Gasteiger partial charge in [0.15, 0.2) is 5.17 Å². The van der Waals surface area contributed by atoms with Crippen LogP contribution in [0.4, 0.5) is 10.1 Å². The van der Waals surface area contributed by atoms with E-state index in [9.17, 15) is 4.39 Å². The second-order valence-corrected chi connectivity index (χ2v) is 7.71. The molecule has 1 heterocycles. The van der Waals surface area contributed by atoms with Crippen LogP contribution in [-0.4, -0.2) is 17.5 Å². The maximum absolute atomic E-state index is 13.2. The van der Waals surface area contributed by atoms with Gasteiger partial charge in [0.05, 0.1) is 10.7 Å². The molecule has 2 nitrogen and oxygen atoms in total. The van der Waals surface area contributed by atoms with Crippen molar-refractivity contribution in [3.63, 3.8) is 0 Å². The molecular formula is C14H15BrClFN2S. The first-order valence-electron chi connectivity index (χ1n) is 6.67. The minimum absolute atomic E-state index is 0.351. The lowest BCUT2D eigenvalue weighted by atomic mass is 9.89. The Balaban J connectivity index is 1.75. The number of aliphatic imine (C=N–C) groups is 1. The van der Waals surface area contributed by atoms with Gasteiger partial charge in [-0.3, -0.25) is 4.99 Å². The van der Waals surface area contributed by atoms with Gasteiger partial charge in [0.1, 0.15) is 5.82 Å². The monoisotopic (exact) mass is 376 g/mol. The quantitative estimate of drug-likeness (QED) is 0.716. The van der Waals surface area contributed by atoms with E-state index in [2.05, 4.69) is 26.2 Å². The van der Waals surface area contributed by atoms with Gasteiger partial charge < -0.3 is 5.32 Å². The lowest BCUT2D eigenvalue weighted by Gasteiger charge is -2.31. The largest absolute Gasteiger partial charge is 0.333 e. The van der Waals surface area contributed by atoms with Gasteiger partial charge in [0, 0.05) is 16.8 Å². The average molecular weight is 378 g/mol. The Morgan fingerprint density at radius 3 is 2.70 bits per heavy atom. The Kier molecular flexibility index (Phi) is 4.29. The van der Waals surface area contributed by atoms with Gasteiger partial charge in [0.2, 0.25) is 0 Å². The highest BCUT2D eigenvalue weighted by molar-refractivity contribution is 9.10. The number of amidine groups is 1. The molecule has 1 aromatic rings. The van der Waals surface area contributed by atoms with Crippen molar-refractivity contribution < 1.29 is 4.39 Å². The second-order valence-electron chi connectivity index (χ2n) is 5.49. The van der Waals surface area contributed by atoms with Crippen molar-refractivity contribution in [2.75, 3.05) is 17.6 Å². The predicted octanol–water partition coefficient (Wildman–Crippen LogP) is 5.32. The number of nitrogens with zero attached hydrogens (tertiary/aromatic N) is 1. The zero-order valence-electron chi connectivity index (χ0n) is 10.9. The molecule has 0 amide bonds. The first-order chi connectivity index (χ1) is 9.58. The number of hydrogen-bond donors (Lipinski definition) is 1. The van der Waals surface area contributed by atoms with Gasteiger partial charge >= 0.3 is 0 Å². The molecule has 0 atom stereocenters. The van der Waals surface area contributed by atoms with E-state index in [4.69, 9.17) is 11.6 Å². The summed E-state index contributed by atoms with van der Waals surface area (Å²) in [6.45, 7) is 0.888. The van der Waals surface area contributed by atoms with Crippen molar-refractivity contribution in [1.29, 1.82) is 0 Å². The summed E-state index contributed by atoms with van der Waals surface area (Å²) in [5, 5.41) is 4.45. The number of halogens is 3.